The van der Waals surface area contributed by atoms with Gasteiger partial charge in [-0.05, 0) is 92.7 Å². The van der Waals surface area contributed by atoms with Crippen LogP contribution >= 0.6 is 0 Å². The summed E-state index contributed by atoms with van der Waals surface area (Å²) in [6.45, 7) is 16.0. The van der Waals surface area contributed by atoms with Crippen LogP contribution in [0.15, 0.2) is 41.3 Å². The van der Waals surface area contributed by atoms with Crippen molar-refractivity contribution in [2.24, 2.45) is 11.3 Å². The van der Waals surface area contributed by atoms with Crippen LogP contribution < -0.4 is 10.1 Å². The van der Waals surface area contributed by atoms with Crippen LogP contribution in [0.3, 0.4) is 0 Å². The van der Waals surface area contributed by atoms with E-state index in [1.54, 1.807) is 13.8 Å². The molecule has 7 heteroatoms. The second kappa shape index (κ2) is 10.3. The van der Waals surface area contributed by atoms with Crippen LogP contribution in [-0.4, -0.2) is 34.1 Å². The molecule has 6 rings (SSSR count). The molecule has 3 N–H and O–H groups in total. The van der Waals surface area contributed by atoms with E-state index >= 15 is 0 Å². The highest BCUT2D eigenvalue weighted by atomic mass is 16.5. The Morgan fingerprint density at radius 3 is 2.47 bits per heavy atom. The number of fused-ring (bicyclic) bond motifs is 6. The van der Waals surface area contributed by atoms with Gasteiger partial charge in [0.2, 0.25) is 0 Å². The van der Waals surface area contributed by atoms with E-state index in [2.05, 4.69) is 51.2 Å². The fourth-order valence-corrected chi connectivity index (χ4v) is 9.00. The average molecular weight is 612 g/mol. The summed E-state index contributed by atoms with van der Waals surface area (Å²) < 4.78 is 5.92. The van der Waals surface area contributed by atoms with Crippen molar-refractivity contribution in [3.8, 4) is 17.2 Å². The minimum atomic E-state index is -1.52. The van der Waals surface area contributed by atoms with E-state index in [1.165, 1.54) is 36.6 Å². The van der Waals surface area contributed by atoms with Gasteiger partial charge in [0.1, 0.15) is 34.0 Å². The summed E-state index contributed by atoms with van der Waals surface area (Å²) in [6.07, 6.45) is 6.72. The van der Waals surface area contributed by atoms with Gasteiger partial charge in [-0.1, -0.05) is 52.3 Å². The molecule has 2 aromatic carbocycles. The summed E-state index contributed by atoms with van der Waals surface area (Å²) in [7, 11) is 0. The van der Waals surface area contributed by atoms with Crippen molar-refractivity contribution in [3.05, 3.63) is 74.7 Å². The maximum absolute atomic E-state index is 14.3. The molecule has 1 heterocycles. The smallest absolute Gasteiger partial charge is 0.194 e. The third-order valence-corrected chi connectivity index (χ3v) is 11.7. The number of hydrogen-bond donors (Lipinski definition) is 3. The van der Waals surface area contributed by atoms with Crippen molar-refractivity contribution in [2.75, 3.05) is 6.54 Å². The highest BCUT2D eigenvalue weighted by molar-refractivity contribution is 6.31. The number of ether oxygens (including phenoxy) is 1. The molecule has 7 nitrogen and oxygen atoms in total. The number of carbonyl (C=O) groups is 3. The summed E-state index contributed by atoms with van der Waals surface area (Å²) in [4.78, 5) is 40.3. The molecule has 4 aliphatic rings. The predicted molar refractivity (Wildman–Crippen MR) is 173 cm³/mol. The summed E-state index contributed by atoms with van der Waals surface area (Å²) in [5.41, 5.74) is 3.39. The second-order valence-electron chi connectivity index (χ2n) is 14.8. The van der Waals surface area contributed by atoms with Gasteiger partial charge < -0.3 is 20.3 Å². The Morgan fingerprint density at radius 1 is 1.09 bits per heavy atom. The van der Waals surface area contributed by atoms with Crippen molar-refractivity contribution < 1.29 is 29.3 Å². The predicted octanol–water partition coefficient (Wildman–Crippen LogP) is 6.99. The molecule has 0 amide bonds. The highest BCUT2D eigenvalue weighted by Gasteiger charge is 2.57. The Kier molecular flexibility index (Phi) is 7.14. The molecule has 238 valence electrons. The summed E-state index contributed by atoms with van der Waals surface area (Å²) in [5.74, 6) is -1.27. The van der Waals surface area contributed by atoms with Gasteiger partial charge >= 0.3 is 0 Å². The van der Waals surface area contributed by atoms with Crippen LogP contribution in [-0.2, 0) is 26.8 Å². The molecular formula is C38H45NO6. The molecule has 4 unspecified atom stereocenters. The lowest BCUT2D eigenvalue weighted by atomic mass is 9.49. The summed E-state index contributed by atoms with van der Waals surface area (Å²) >= 11 is 0. The van der Waals surface area contributed by atoms with Crippen LogP contribution in [0.1, 0.15) is 118 Å². The molecule has 3 aliphatic carbocycles. The number of phenols is 2. The first-order valence-electron chi connectivity index (χ1n) is 16.2. The Balaban J connectivity index is 1.33. The van der Waals surface area contributed by atoms with E-state index in [9.17, 15) is 24.6 Å². The number of allylic oxidation sites excluding steroid dienone is 4. The molecule has 1 aliphatic heterocycles. The first-order chi connectivity index (χ1) is 21.1. The SMILES string of the molecule is CC(=O)c1c(O)c(C)c(O)c2c1OC1=CC(=O)C(=C(C)NCC3(C)CCCC4(C)c5ccc(C(C)C)cc5CCC34)C(=O)C12C. The molecule has 0 saturated heterocycles. The lowest BCUT2D eigenvalue weighted by molar-refractivity contribution is -0.123. The first-order valence-corrected chi connectivity index (χ1v) is 16.2. The van der Waals surface area contributed by atoms with Crippen LogP contribution in [0.2, 0.25) is 0 Å². The lowest BCUT2D eigenvalue weighted by Gasteiger charge is -2.55. The third kappa shape index (κ3) is 4.33. The van der Waals surface area contributed by atoms with Crippen molar-refractivity contribution >= 4 is 17.3 Å². The third-order valence-electron chi connectivity index (χ3n) is 11.7. The monoisotopic (exact) mass is 611 g/mol. The number of carbonyl (C=O) groups excluding carboxylic acids is 3. The number of hydrogen-bond acceptors (Lipinski definition) is 7. The van der Waals surface area contributed by atoms with Gasteiger partial charge in [0.15, 0.2) is 17.3 Å². The van der Waals surface area contributed by atoms with Crippen LogP contribution in [0, 0.1) is 18.3 Å². The fraction of sp³-hybridized carbons (Fsp3) is 0.500. The number of rotatable bonds is 5. The Labute approximate surface area is 265 Å². The quantitative estimate of drug-likeness (QED) is 0.190. The number of nitrogens with one attached hydrogen (secondary N) is 1. The molecule has 0 aromatic heterocycles. The van der Waals surface area contributed by atoms with Crippen LogP contribution in [0.4, 0.5) is 0 Å². The zero-order valence-electron chi connectivity index (χ0n) is 27.7. The van der Waals surface area contributed by atoms with E-state index in [1.807, 2.05) is 0 Å². The zero-order valence-corrected chi connectivity index (χ0v) is 27.7. The average Bonchev–Trinajstić information content (AvgIpc) is 3.27. The Bertz CT molecular complexity index is 1750. The number of Topliss-reactive ketones (excluding diaryl/α,β-unsaturated/α-hetero) is 2. The Hall–Kier alpha value is -3.87. The summed E-state index contributed by atoms with van der Waals surface area (Å²) in [5, 5.41) is 25.3. The maximum Gasteiger partial charge on any atom is 0.194 e. The van der Waals surface area contributed by atoms with Crippen LogP contribution in [0.5, 0.6) is 17.2 Å². The first kappa shape index (κ1) is 31.1. The minimum absolute atomic E-state index is 0.0181. The maximum atomic E-state index is 14.3. The molecule has 2 aromatic rings. The summed E-state index contributed by atoms with van der Waals surface area (Å²) in [6, 6.07) is 7.07. The molecule has 0 bridgehead atoms. The molecule has 1 saturated carbocycles. The highest BCUT2D eigenvalue weighted by Crippen LogP contribution is 2.59. The van der Waals surface area contributed by atoms with Gasteiger partial charge in [-0.2, -0.15) is 0 Å². The number of benzene rings is 2. The second-order valence-corrected chi connectivity index (χ2v) is 14.8. The van der Waals surface area contributed by atoms with Gasteiger partial charge in [0.25, 0.3) is 0 Å². The molecule has 4 atom stereocenters. The van der Waals surface area contributed by atoms with E-state index in [0.717, 1.165) is 32.1 Å². The molecule has 0 radical (unpaired) electrons. The molecule has 0 spiro atoms. The van der Waals surface area contributed by atoms with E-state index in [4.69, 9.17) is 4.74 Å². The molecule has 45 heavy (non-hydrogen) atoms. The van der Waals surface area contributed by atoms with Crippen LogP contribution in [0.25, 0.3) is 0 Å². The normalized spacial score (nSPS) is 29.7. The van der Waals surface area contributed by atoms with E-state index in [0.29, 0.717) is 24.1 Å². The van der Waals surface area contributed by atoms with E-state index in [-0.39, 0.29) is 50.4 Å². The van der Waals surface area contributed by atoms with Crippen molar-refractivity contribution in [1.29, 1.82) is 0 Å². The lowest BCUT2D eigenvalue weighted by Crippen LogP contribution is -2.52. The van der Waals surface area contributed by atoms with Gasteiger partial charge in [-0.3, -0.25) is 14.4 Å². The topological polar surface area (TPSA) is 113 Å². The van der Waals surface area contributed by atoms with Crippen molar-refractivity contribution in [2.45, 2.75) is 104 Å². The minimum Gasteiger partial charge on any atom is -0.507 e. The van der Waals surface area contributed by atoms with Crippen molar-refractivity contribution in [3.63, 3.8) is 0 Å². The number of aromatic hydroxyl groups is 2. The van der Waals surface area contributed by atoms with Gasteiger partial charge in [-0.25, -0.2) is 0 Å². The zero-order chi connectivity index (χ0) is 32.8. The standard InChI is InChI=1S/C38H45NO6/c1-19(2)23-10-12-25-24(16-23)11-13-27-36(6,14-9-15-37(25,27)7)18-39-21(4)29-26(41)17-28-38(8,35(29)44)31-33(43)20(3)32(42)30(22(5)40)34(31)45-28/h10,12,16-17,19,27,39,42-43H,9,11,13-15,18H2,1-8H3. The molecule has 1 fully saturated rings. The molecular weight excluding hydrogens is 566 g/mol. The Morgan fingerprint density at radius 2 is 1.80 bits per heavy atom. The van der Waals surface area contributed by atoms with Gasteiger partial charge in [-0.15, -0.1) is 0 Å². The number of ketones is 3. The fourth-order valence-electron chi connectivity index (χ4n) is 9.00. The number of aryl methyl sites for hydroxylation is 1. The van der Waals surface area contributed by atoms with E-state index < -0.39 is 28.5 Å². The van der Waals surface area contributed by atoms with Gasteiger partial charge in [0, 0.05) is 23.9 Å². The van der Waals surface area contributed by atoms with Gasteiger partial charge in [0.05, 0.1) is 11.1 Å². The largest absolute Gasteiger partial charge is 0.507 e. The number of phenolic OH excluding ortho intramolecular Hbond substituents is 2. The van der Waals surface area contributed by atoms with Crippen molar-refractivity contribution in [1.82, 2.24) is 5.32 Å².